The highest BCUT2D eigenvalue weighted by Gasteiger charge is 2.16. The molecule has 0 atom stereocenters. The quantitative estimate of drug-likeness (QED) is 0.878. The van der Waals surface area contributed by atoms with Crippen molar-refractivity contribution in [3.05, 3.63) is 43.3 Å². The van der Waals surface area contributed by atoms with E-state index in [-0.39, 0.29) is 5.91 Å². The normalized spacial score (nSPS) is 10.6. The number of halogens is 2. The monoisotopic (exact) mass is 314 g/mol. The molecule has 100 valence electrons. The zero-order valence-corrected chi connectivity index (χ0v) is 13.0. The first kappa shape index (κ1) is 14.3. The molecule has 19 heavy (non-hydrogen) atoms. The lowest BCUT2D eigenvalue weighted by Gasteiger charge is -2.11. The molecule has 0 bridgehead atoms. The second kappa shape index (κ2) is 5.49. The van der Waals surface area contributed by atoms with Crippen molar-refractivity contribution < 1.29 is 4.79 Å². The minimum atomic E-state index is -0.273. The van der Waals surface area contributed by atoms with Gasteiger partial charge in [0.2, 0.25) is 0 Å². The summed E-state index contributed by atoms with van der Waals surface area (Å²) in [6.45, 7) is 5.71. The van der Waals surface area contributed by atoms with Gasteiger partial charge in [0.25, 0.3) is 5.91 Å². The molecule has 2 aromatic rings. The van der Waals surface area contributed by atoms with Gasteiger partial charge in [0.15, 0.2) is 0 Å². The highest BCUT2D eigenvalue weighted by atomic mass is 35.5. The predicted octanol–water partition coefficient (Wildman–Crippen LogP) is 4.63. The lowest BCUT2D eigenvalue weighted by molar-refractivity contribution is 0.102. The average Bonchev–Trinajstić information content (AvgIpc) is 2.62. The van der Waals surface area contributed by atoms with Crippen molar-refractivity contribution in [2.75, 3.05) is 5.32 Å². The number of aromatic nitrogens is 1. The van der Waals surface area contributed by atoms with Crippen molar-refractivity contribution in [2.45, 2.75) is 20.8 Å². The molecule has 2 aromatic heterocycles. The van der Waals surface area contributed by atoms with Gasteiger partial charge in [-0.3, -0.25) is 9.78 Å². The van der Waals surface area contributed by atoms with Crippen molar-refractivity contribution in [3.8, 4) is 0 Å². The first-order valence-corrected chi connectivity index (χ1v) is 7.16. The van der Waals surface area contributed by atoms with Crippen LogP contribution in [0.2, 0.25) is 8.67 Å². The molecule has 6 heteroatoms. The van der Waals surface area contributed by atoms with Crippen LogP contribution in [0.3, 0.4) is 0 Å². The fraction of sp³-hybridized carbons (Fsp3) is 0.231. The molecule has 0 aromatic carbocycles. The van der Waals surface area contributed by atoms with Crippen LogP contribution in [0.5, 0.6) is 0 Å². The summed E-state index contributed by atoms with van der Waals surface area (Å²) < 4.78 is 0.878. The fourth-order valence-electron chi connectivity index (χ4n) is 1.89. The van der Waals surface area contributed by atoms with Gasteiger partial charge in [-0.25, -0.2) is 0 Å². The molecule has 0 aliphatic carbocycles. The van der Waals surface area contributed by atoms with E-state index in [4.69, 9.17) is 23.2 Å². The van der Waals surface area contributed by atoms with Gasteiger partial charge in [-0.05, 0) is 38.5 Å². The second-order valence-electron chi connectivity index (χ2n) is 4.23. The van der Waals surface area contributed by atoms with Crippen LogP contribution in [-0.4, -0.2) is 10.9 Å². The number of nitrogens with zero attached hydrogens (tertiary/aromatic N) is 1. The average molecular weight is 315 g/mol. The summed E-state index contributed by atoms with van der Waals surface area (Å²) in [4.78, 5) is 16.5. The number of nitrogens with one attached hydrogen (secondary N) is 1. The highest BCUT2D eigenvalue weighted by molar-refractivity contribution is 7.20. The van der Waals surface area contributed by atoms with Gasteiger partial charge in [0, 0.05) is 5.69 Å². The summed E-state index contributed by atoms with van der Waals surface area (Å²) in [7, 11) is 0. The van der Waals surface area contributed by atoms with E-state index in [0.29, 0.717) is 19.9 Å². The lowest BCUT2D eigenvalue weighted by Crippen LogP contribution is -2.14. The fourth-order valence-corrected chi connectivity index (χ4v) is 3.35. The molecule has 1 amide bonds. The van der Waals surface area contributed by atoms with Crippen LogP contribution in [0.4, 0.5) is 5.69 Å². The van der Waals surface area contributed by atoms with Crippen LogP contribution in [0.25, 0.3) is 0 Å². The molecule has 0 spiro atoms. The smallest absolute Gasteiger partial charge is 0.258 e. The van der Waals surface area contributed by atoms with E-state index in [1.807, 2.05) is 26.8 Å². The van der Waals surface area contributed by atoms with E-state index < -0.39 is 0 Å². The number of thiophene rings is 1. The van der Waals surface area contributed by atoms with E-state index in [1.165, 1.54) is 11.3 Å². The molecule has 0 saturated heterocycles. The Balaban J connectivity index is 2.32. The van der Waals surface area contributed by atoms with E-state index in [2.05, 4.69) is 10.3 Å². The standard InChI is InChI=1S/C13H12Cl2N2OS/c1-6-4-7(2)16-8(3)11(6)17-13(18)9-5-10(14)19-12(9)15/h4-5H,1-3H3,(H,17,18). The number of hydrogen-bond acceptors (Lipinski definition) is 3. The molecule has 2 heterocycles. The Labute approximate surface area is 125 Å². The number of pyridine rings is 1. The van der Waals surface area contributed by atoms with Gasteiger partial charge in [0.05, 0.1) is 21.3 Å². The number of amides is 1. The third-order valence-corrected chi connectivity index (χ3v) is 4.15. The van der Waals surface area contributed by atoms with Crippen molar-refractivity contribution in [2.24, 2.45) is 0 Å². The van der Waals surface area contributed by atoms with Crippen molar-refractivity contribution >= 4 is 46.1 Å². The zero-order valence-electron chi connectivity index (χ0n) is 10.7. The van der Waals surface area contributed by atoms with E-state index >= 15 is 0 Å². The van der Waals surface area contributed by atoms with E-state index in [9.17, 15) is 4.79 Å². The van der Waals surface area contributed by atoms with E-state index in [1.54, 1.807) is 6.07 Å². The molecule has 0 radical (unpaired) electrons. The molecule has 0 fully saturated rings. The van der Waals surface area contributed by atoms with E-state index in [0.717, 1.165) is 17.0 Å². The molecule has 2 rings (SSSR count). The third-order valence-electron chi connectivity index (χ3n) is 2.67. The summed E-state index contributed by atoms with van der Waals surface area (Å²) in [5.74, 6) is -0.273. The Kier molecular flexibility index (Phi) is 4.13. The lowest BCUT2D eigenvalue weighted by atomic mass is 10.1. The van der Waals surface area contributed by atoms with Crippen LogP contribution < -0.4 is 5.32 Å². The van der Waals surface area contributed by atoms with Gasteiger partial charge in [-0.2, -0.15) is 0 Å². The van der Waals surface area contributed by atoms with Gasteiger partial charge < -0.3 is 5.32 Å². The predicted molar refractivity (Wildman–Crippen MR) is 80.7 cm³/mol. The number of carbonyl (C=O) groups excluding carboxylic acids is 1. The minimum absolute atomic E-state index is 0.273. The molecular weight excluding hydrogens is 303 g/mol. The number of rotatable bonds is 2. The Morgan fingerprint density at radius 3 is 2.47 bits per heavy atom. The first-order valence-electron chi connectivity index (χ1n) is 5.59. The van der Waals surface area contributed by atoms with Gasteiger partial charge >= 0.3 is 0 Å². The summed E-state index contributed by atoms with van der Waals surface area (Å²) in [5.41, 5.74) is 3.77. The van der Waals surface area contributed by atoms with Crippen molar-refractivity contribution in [1.29, 1.82) is 0 Å². The number of aryl methyl sites for hydroxylation is 3. The number of carbonyl (C=O) groups is 1. The van der Waals surface area contributed by atoms with Crippen molar-refractivity contribution in [3.63, 3.8) is 0 Å². The van der Waals surface area contributed by atoms with Crippen LogP contribution in [-0.2, 0) is 0 Å². The summed E-state index contributed by atoms with van der Waals surface area (Å²) in [5, 5.41) is 2.84. The SMILES string of the molecule is Cc1cc(C)c(NC(=O)c2cc(Cl)sc2Cl)c(C)n1. The van der Waals surface area contributed by atoms with Crippen LogP contribution >= 0.6 is 34.5 Å². The van der Waals surface area contributed by atoms with Gasteiger partial charge in [-0.15, -0.1) is 11.3 Å². The Bertz CT molecular complexity index is 629. The van der Waals surface area contributed by atoms with Gasteiger partial charge in [0.1, 0.15) is 4.34 Å². The Hall–Kier alpha value is -1.10. The number of anilines is 1. The van der Waals surface area contributed by atoms with Gasteiger partial charge in [-0.1, -0.05) is 23.2 Å². The number of hydrogen-bond donors (Lipinski definition) is 1. The summed E-state index contributed by atoms with van der Waals surface area (Å²) in [6.07, 6.45) is 0. The maximum atomic E-state index is 12.2. The highest BCUT2D eigenvalue weighted by Crippen LogP contribution is 2.32. The Morgan fingerprint density at radius 2 is 1.95 bits per heavy atom. The van der Waals surface area contributed by atoms with Crippen LogP contribution in [0, 0.1) is 20.8 Å². The minimum Gasteiger partial charge on any atom is -0.320 e. The zero-order chi connectivity index (χ0) is 14.2. The van der Waals surface area contributed by atoms with Crippen LogP contribution in [0.1, 0.15) is 27.3 Å². The molecule has 3 nitrogen and oxygen atoms in total. The van der Waals surface area contributed by atoms with Crippen LogP contribution in [0.15, 0.2) is 12.1 Å². The molecule has 0 aliphatic rings. The Morgan fingerprint density at radius 1 is 1.26 bits per heavy atom. The van der Waals surface area contributed by atoms with Crippen molar-refractivity contribution in [1.82, 2.24) is 4.98 Å². The molecule has 0 saturated carbocycles. The largest absolute Gasteiger partial charge is 0.320 e. The maximum absolute atomic E-state index is 12.2. The molecule has 0 unspecified atom stereocenters. The summed E-state index contributed by atoms with van der Waals surface area (Å²) >= 11 is 13.0. The molecule has 0 aliphatic heterocycles. The topological polar surface area (TPSA) is 42.0 Å². The first-order chi connectivity index (χ1) is 8.88. The third kappa shape index (κ3) is 3.08. The second-order valence-corrected chi connectivity index (χ2v) is 6.52. The molecule has 1 N–H and O–H groups in total. The molecular formula is C13H12Cl2N2OS. The maximum Gasteiger partial charge on any atom is 0.258 e. The summed E-state index contributed by atoms with van der Waals surface area (Å²) in [6, 6.07) is 3.49.